The molecule has 3 aromatic rings. The lowest BCUT2D eigenvalue weighted by Gasteiger charge is -2.10. The van der Waals surface area contributed by atoms with Gasteiger partial charge in [0, 0.05) is 17.8 Å². The quantitative estimate of drug-likeness (QED) is 0.387. The summed E-state index contributed by atoms with van der Waals surface area (Å²) >= 11 is 0. The number of hydrogen-bond acceptors (Lipinski definition) is 5. The number of nitro groups is 1. The zero-order valence-corrected chi connectivity index (χ0v) is 14.5. The smallest absolute Gasteiger partial charge is 0.291 e. The number of nitro benzene ring substituents is 1. The van der Waals surface area contributed by atoms with E-state index in [0.29, 0.717) is 11.3 Å². The van der Waals surface area contributed by atoms with Gasteiger partial charge in [0.25, 0.3) is 17.5 Å². The third-order valence-electron chi connectivity index (χ3n) is 3.68. The third-order valence-corrected chi connectivity index (χ3v) is 3.68. The Morgan fingerprint density at radius 1 is 0.964 bits per heavy atom. The Hall–Kier alpha value is -4.20. The molecule has 140 valence electrons. The standard InChI is InChI=1S/C20H15N3O5/c24-19(21-15-8-10-16(11-9-15)23(26)27)17(13-14-5-2-1-3-6-14)22-20(25)18-7-4-12-28-18/h1-13H,(H,21,24)(H,22,25). The van der Waals surface area contributed by atoms with Crippen LogP contribution in [0.3, 0.4) is 0 Å². The molecule has 0 saturated heterocycles. The molecule has 0 aliphatic carbocycles. The Kier molecular flexibility index (Phi) is 5.61. The fourth-order valence-electron chi connectivity index (χ4n) is 2.33. The maximum absolute atomic E-state index is 12.7. The minimum Gasteiger partial charge on any atom is -0.459 e. The van der Waals surface area contributed by atoms with E-state index in [2.05, 4.69) is 10.6 Å². The van der Waals surface area contributed by atoms with Gasteiger partial charge in [-0.25, -0.2) is 0 Å². The summed E-state index contributed by atoms with van der Waals surface area (Å²) in [4.78, 5) is 35.2. The molecule has 0 aliphatic heterocycles. The number of non-ortho nitro benzene ring substituents is 1. The molecule has 0 aliphatic rings. The molecule has 3 rings (SSSR count). The summed E-state index contributed by atoms with van der Waals surface area (Å²) in [6, 6.07) is 17.4. The molecule has 8 nitrogen and oxygen atoms in total. The molecule has 0 bridgehead atoms. The molecular weight excluding hydrogens is 362 g/mol. The SMILES string of the molecule is O=C(Nc1ccc([N+](=O)[O-])cc1)C(=Cc1ccccc1)NC(=O)c1ccco1. The van der Waals surface area contributed by atoms with Gasteiger partial charge in [-0.05, 0) is 35.9 Å². The van der Waals surface area contributed by atoms with Crippen LogP contribution in [0.25, 0.3) is 6.08 Å². The van der Waals surface area contributed by atoms with Crippen molar-refractivity contribution in [2.75, 3.05) is 5.32 Å². The molecule has 0 atom stereocenters. The van der Waals surface area contributed by atoms with E-state index in [9.17, 15) is 19.7 Å². The number of hydrogen-bond donors (Lipinski definition) is 2. The lowest BCUT2D eigenvalue weighted by atomic mass is 10.2. The van der Waals surface area contributed by atoms with Crippen LogP contribution in [0.4, 0.5) is 11.4 Å². The second-order valence-corrected chi connectivity index (χ2v) is 5.66. The van der Waals surface area contributed by atoms with Gasteiger partial charge in [0.15, 0.2) is 5.76 Å². The van der Waals surface area contributed by atoms with Gasteiger partial charge in [0.05, 0.1) is 11.2 Å². The fourth-order valence-corrected chi connectivity index (χ4v) is 2.33. The molecule has 0 saturated carbocycles. The van der Waals surface area contributed by atoms with E-state index in [-0.39, 0.29) is 17.1 Å². The number of carbonyl (C=O) groups excluding carboxylic acids is 2. The van der Waals surface area contributed by atoms with Crippen LogP contribution in [0.1, 0.15) is 16.1 Å². The summed E-state index contributed by atoms with van der Waals surface area (Å²) < 4.78 is 5.05. The zero-order chi connectivity index (χ0) is 19.9. The highest BCUT2D eigenvalue weighted by atomic mass is 16.6. The number of nitrogens with one attached hydrogen (secondary N) is 2. The van der Waals surface area contributed by atoms with Gasteiger partial charge in [-0.2, -0.15) is 0 Å². The molecular formula is C20H15N3O5. The second kappa shape index (κ2) is 8.45. The van der Waals surface area contributed by atoms with Crippen LogP contribution in [0.5, 0.6) is 0 Å². The van der Waals surface area contributed by atoms with Crippen LogP contribution in [-0.2, 0) is 4.79 Å². The lowest BCUT2D eigenvalue weighted by Crippen LogP contribution is -2.30. The monoisotopic (exact) mass is 377 g/mol. The second-order valence-electron chi connectivity index (χ2n) is 5.66. The largest absolute Gasteiger partial charge is 0.459 e. The molecule has 2 aromatic carbocycles. The summed E-state index contributed by atoms with van der Waals surface area (Å²) in [5.74, 6) is -1.11. The van der Waals surface area contributed by atoms with E-state index in [1.54, 1.807) is 30.3 Å². The molecule has 1 heterocycles. The Morgan fingerprint density at radius 3 is 2.29 bits per heavy atom. The molecule has 0 fully saturated rings. The number of carbonyl (C=O) groups is 2. The van der Waals surface area contributed by atoms with Crippen molar-refractivity contribution in [2.24, 2.45) is 0 Å². The van der Waals surface area contributed by atoms with Crippen molar-refractivity contribution in [3.8, 4) is 0 Å². The van der Waals surface area contributed by atoms with E-state index < -0.39 is 16.7 Å². The van der Waals surface area contributed by atoms with Gasteiger partial charge >= 0.3 is 0 Å². The average molecular weight is 377 g/mol. The lowest BCUT2D eigenvalue weighted by molar-refractivity contribution is -0.384. The van der Waals surface area contributed by atoms with Gasteiger partial charge in [0.2, 0.25) is 0 Å². The van der Waals surface area contributed by atoms with Crippen molar-refractivity contribution in [3.63, 3.8) is 0 Å². The number of furan rings is 1. The molecule has 0 spiro atoms. The van der Waals surface area contributed by atoms with E-state index in [4.69, 9.17) is 4.42 Å². The van der Waals surface area contributed by atoms with Gasteiger partial charge in [0.1, 0.15) is 5.70 Å². The van der Waals surface area contributed by atoms with E-state index in [1.807, 2.05) is 6.07 Å². The molecule has 0 unspecified atom stereocenters. The number of rotatable bonds is 6. The number of benzene rings is 2. The minimum atomic E-state index is -0.586. The van der Waals surface area contributed by atoms with Gasteiger partial charge < -0.3 is 15.1 Å². The third kappa shape index (κ3) is 4.70. The highest BCUT2D eigenvalue weighted by Gasteiger charge is 2.17. The van der Waals surface area contributed by atoms with E-state index in [1.165, 1.54) is 42.7 Å². The van der Waals surface area contributed by atoms with Crippen molar-refractivity contribution in [2.45, 2.75) is 0 Å². The Balaban J connectivity index is 1.83. The summed E-state index contributed by atoms with van der Waals surface area (Å²) in [5, 5.41) is 15.9. The molecule has 1 aromatic heterocycles. The highest BCUT2D eigenvalue weighted by molar-refractivity contribution is 6.10. The molecule has 28 heavy (non-hydrogen) atoms. The van der Waals surface area contributed by atoms with Crippen LogP contribution >= 0.6 is 0 Å². The fraction of sp³-hybridized carbons (Fsp3) is 0. The molecule has 2 amide bonds. The van der Waals surface area contributed by atoms with Crippen LogP contribution in [0.2, 0.25) is 0 Å². The zero-order valence-electron chi connectivity index (χ0n) is 14.5. The maximum Gasteiger partial charge on any atom is 0.291 e. The topological polar surface area (TPSA) is 114 Å². The van der Waals surface area contributed by atoms with Crippen molar-refractivity contribution in [1.82, 2.24) is 5.32 Å². The highest BCUT2D eigenvalue weighted by Crippen LogP contribution is 2.16. The first-order valence-electron chi connectivity index (χ1n) is 8.20. The van der Waals surface area contributed by atoms with Crippen LogP contribution in [-0.4, -0.2) is 16.7 Å². The van der Waals surface area contributed by atoms with Crippen LogP contribution < -0.4 is 10.6 Å². The van der Waals surface area contributed by atoms with Crippen molar-refractivity contribution in [1.29, 1.82) is 0 Å². The first kappa shape index (κ1) is 18.6. The number of anilines is 1. The van der Waals surface area contributed by atoms with Gasteiger partial charge in [-0.1, -0.05) is 30.3 Å². The molecule has 8 heteroatoms. The average Bonchev–Trinajstić information content (AvgIpc) is 3.23. The van der Waals surface area contributed by atoms with Gasteiger partial charge in [-0.3, -0.25) is 19.7 Å². The normalized spacial score (nSPS) is 10.9. The summed E-state index contributed by atoms with van der Waals surface area (Å²) in [5.41, 5.74) is 0.952. The Morgan fingerprint density at radius 2 is 1.68 bits per heavy atom. The molecule has 2 N–H and O–H groups in total. The van der Waals surface area contributed by atoms with Crippen LogP contribution in [0, 0.1) is 10.1 Å². The number of nitrogens with zero attached hydrogens (tertiary/aromatic N) is 1. The first-order chi connectivity index (χ1) is 13.5. The van der Waals surface area contributed by atoms with Crippen molar-refractivity contribution in [3.05, 3.63) is 100 Å². The van der Waals surface area contributed by atoms with Crippen molar-refractivity contribution < 1.29 is 18.9 Å². The minimum absolute atomic E-state index is 0.00838. The summed E-state index contributed by atoms with van der Waals surface area (Å²) in [6.07, 6.45) is 2.87. The first-order valence-corrected chi connectivity index (χ1v) is 8.20. The molecule has 0 radical (unpaired) electrons. The maximum atomic E-state index is 12.7. The summed E-state index contributed by atoms with van der Waals surface area (Å²) in [7, 11) is 0. The van der Waals surface area contributed by atoms with Gasteiger partial charge in [-0.15, -0.1) is 0 Å². The van der Waals surface area contributed by atoms with E-state index >= 15 is 0 Å². The summed E-state index contributed by atoms with van der Waals surface area (Å²) in [6.45, 7) is 0. The van der Waals surface area contributed by atoms with Crippen LogP contribution in [0.15, 0.2) is 83.1 Å². The van der Waals surface area contributed by atoms with E-state index in [0.717, 1.165) is 0 Å². The predicted molar refractivity (Wildman–Crippen MR) is 102 cm³/mol. The Bertz CT molecular complexity index is 1010. The Labute approximate surface area is 159 Å². The van der Waals surface area contributed by atoms with Crippen molar-refractivity contribution >= 4 is 29.3 Å². The predicted octanol–water partition coefficient (Wildman–Crippen LogP) is 3.60. The number of amides is 2.